The molecule has 6 nitrogen and oxygen atoms in total. The van der Waals surface area contributed by atoms with Crippen molar-refractivity contribution in [2.75, 3.05) is 12.0 Å². The number of amides is 1. The summed E-state index contributed by atoms with van der Waals surface area (Å²) in [6.45, 7) is 1.97. The number of Topliss-reactive ketones (excluding diaryl/α,β-unsaturated/α-hetero) is 1. The molecule has 0 radical (unpaired) electrons. The SMILES string of the molecule is CCc1ccc(/C(O)=C2\C(=O)C(=O)N(c3cccc(OC(F)(F)F)c3)C2c2cccc(OC)c2)cc1. The minimum atomic E-state index is -4.94. The first-order valence-electron chi connectivity index (χ1n) is 11.0. The Morgan fingerprint density at radius 2 is 1.64 bits per heavy atom. The average Bonchev–Trinajstić information content (AvgIpc) is 3.13. The molecule has 4 rings (SSSR count). The van der Waals surface area contributed by atoms with Crippen molar-refractivity contribution in [2.24, 2.45) is 0 Å². The van der Waals surface area contributed by atoms with Crippen LogP contribution in [0.25, 0.3) is 5.76 Å². The lowest BCUT2D eigenvalue weighted by molar-refractivity contribution is -0.274. The third kappa shape index (κ3) is 4.91. The number of benzene rings is 3. The molecule has 0 bridgehead atoms. The van der Waals surface area contributed by atoms with Crippen molar-refractivity contribution in [3.05, 3.63) is 95.1 Å². The Kier molecular flexibility index (Phi) is 6.74. The first-order valence-corrected chi connectivity index (χ1v) is 11.0. The van der Waals surface area contributed by atoms with Crippen LogP contribution in [0, 0.1) is 0 Å². The molecule has 1 atom stereocenters. The number of ether oxygens (including phenoxy) is 2. The zero-order valence-corrected chi connectivity index (χ0v) is 19.4. The van der Waals surface area contributed by atoms with Crippen molar-refractivity contribution >= 4 is 23.1 Å². The summed E-state index contributed by atoms with van der Waals surface area (Å²) in [5.41, 5.74) is 1.55. The molecule has 0 saturated carbocycles. The summed E-state index contributed by atoms with van der Waals surface area (Å²) < 4.78 is 47.7. The number of hydrogen-bond acceptors (Lipinski definition) is 5. The number of alkyl halides is 3. The van der Waals surface area contributed by atoms with Crippen LogP contribution in [0.1, 0.15) is 29.7 Å². The summed E-state index contributed by atoms with van der Waals surface area (Å²) in [6.07, 6.45) is -4.17. The van der Waals surface area contributed by atoms with E-state index in [4.69, 9.17) is 4.74 Å². The van der Waals surface area contributed by atoms with Gasteiger partial charge in [-0.2, -0.15) is 0 Å². The largest absolute Gasteiger partial charge is 0.573 e. The second-order valence-electron chi connectivity index (χ2n) is 8.04. The summed E-state index contributed by atoms with van der Waals surface area (Å²) in [4.78, 5) is 27.5. The van der Waals surface area contributed by atoms with Gasteiger partial charge in [0.15, 0.2) is 0 Å². The van der Waals surface area contributed by atoms with E-state index in [9.17, 15) is 27.9 Å². The molecule has 1 aliphatic rings. The number of methoxy groups -OCH3 is 1. The van der Waals surface area contributed by atoms with E-state index in [-0.39, 0.29) is 11.3 Å². The van der Waals surface area contributed by atoms with Crippen LogP contribution in [-0.4, -0.2) is 30.3 Å². The van der Waals surface area contributed by atoms with Crippen LogP contribution in [0.2, 0.25) is 0 Å². The Morgan fingerprint density at radius 3 is 2.28 bits per heavy atom. The van der Waals surface area contributed by atoms with E-state index in [1.807, 2.05) is 6.92 Å². The second kappa shape index (κ2) is 9.77. The Bertz CT molecular complexity index is 1330. The fourth-order valence-corrected chi connectivity index (χ4v) is 4.11. The highest BCUT2D eigenvalue weighted by molar-refractivity contribution is 6.51. The first-order chi connectivity index (χ1) is 17.1. The number of rotatable bonds is 6. The summed E-state index contributed by atoms with van der Waals surface area (Å²) >= 11 is 0. The third-order valence-corrected chi connectivity index (χ3v) is 5.82. The fraction of sp³-hybridized carbons (Fsp3) is 0.185. The highest BCUT2D eigenvalue weighted by Crippen LogP contribution is 2.43. The molecule has 3 aromatic rings. The third-order valence-electron chi connectivity index (χ3n) is 5.82. The van der Waals surface area contributed by atoms with E-state index in [2.05, 4.69) is 4.74 Å². The molecular weight excluding hydrogens is 475 g/mol. The molecule has 1 amide bonds. The van der Waals surface area contributed by atoms with E-state index < -0.39 is 35.6 Å². The molecule has 9 heteroatoms. The lowest BCUT2D eigenvalue weighted by Crippen LogP contribution is -2.29. The summed E-state index contributed by atoms with van der Waals surface area (Å²) in [5, 5.41) is 11.2. The topological polar surface area (TPSA) is 76.1 Å². The monoisotopic (exact) mass is 497 g/mol. The van der Waals surface area contributed by atoms with Crippen molar-refractivity contribution in [2.45, 2.75) is 25.7 Å². The van der Waals surface area contributed by atoms with Gasteiger partial charge in [0.05, 0.1) is 18.7 Å². The molecule has 0 spiro atoms. The van der Waals surface area contributed by atoms with Gasteiger partial charge < -0.3 is 14.6 Å². The normalized spacial score (nSPS) is 17.4. The Morgan fingerprint density at radius 1 is 0.972 bits per heavy atom. The maximum Gasteiger partial charge on any atom is 0.573 e. The molecular formula is C27H22F3NO5. The number of carbonyl (C=O) groups excluding carboxylic acids is 2. The van der Waals surface area contributed by atoms with Crippen LogP contribution < -0.4 is 14.4 Å². The highest BCUT2D eigenvalue weighted by Gasteiger charge is 2.47. The van der Waals surface area contributed by atoms with Crippen molar-refractivity contribution in [3.8, 4) is 11.5 Å². The lowest BCUT2D eigenvalue weighted by Gasteiger charge is -2.26. The van der Waals surface area contributed by atoms with E-state index in [0.29, 0.717) is 16.9 Å². The number of aliphatic hydroxyl groups excluding tert-OH is 1. The average molecular weight is 497 g/mol. The highest BCUT2D eigenvalue weighted by atomic mass is 19.4. The Hall–Kier alpha value is -4.27. The van der Waals surface area contributed by atoms with Gasteiger partial charge in [-0.05, 0) is 41.8 Å². The summed E-state index contributed by atoms with van der Waals surface area (Å²) in [5.74, 6) is -2.49. The number of ketones is 1. The molecule has 36 heavy (non-hydrogen) atoms. The molecule has 0 aliphatic carbocycles. The van der Waals surface area contributed by atoms with Crippen LogP contribution in [0.3, 0.4) is 0 Å². The maximum absolute atomic E-state index is 13.2. The maximum atomic E-state index is 13.2. The van der Waals surface area contributed by atoms with E-state index in [1.165, 1.54) is 19.2 Å². The zero-order valence-electron chi connectivity index (χ0n) is 19.4. The van der Waals surface area contributed by atoms with E-state index in [0.717, 1.165) is 29.0 Å². The molecule has 1 aliphatic heterocycles. The van der Waals surface area contributed by atoms with E-state index in [1.54, 1.807) is 48.5 Å². The molecule has 186 valence electrons. The van der Waals surface area contributed by atoms with Gasteiger partial charge >= 0.3 is 6.36 Å². The van der Waals surface area contributed by atoms with Crippen molar-refractivity contribution in [3.63, 3.8) is 0 Å². The van der Waals surface area contributed by atoms with Crippen molar-refractivity contribution in [1.29, 1.82) is 0 Å². The van der Waals surface area contributed by atoms with Crippen LogP contribution in [0.5, 0.6) is 11.5 Å². The molecule has 1 fully saturated rings. The minimum absolute atomic E-state index is 0.00736. The smallest absolute Gasteiger partial charge is 0.507 e. The van der Waals surface area contributed by atoms with Gasteiger partial charge in [0.1, 0.15) is 17.3 Å². The lowest BCUT2D eigenvalue weighted by atomic mass is 9.94. The quantitative estimate of drug-likeness (QED) is 0.265. The number of aryl methyl sites for hydroxylation is 1. The van der Waals surface area contributed by atoms with E-state index >= 15 is 0 Å². The number of halogens is 3. The van der Waals surface area contributed by atoms with Crippen LogP contribution in [-0.2, 0) is 16.0 Å². The molecule has 1 heterocycles. The number of aliphatic hydroxyl groups is 1. The van der Waals surface area contributed by atoms with Gasteiger partial charge in [-0.25, -0.2) is 0 Å². The molecule has 1 unspecified atom stereocenters. The zero-order chi connectivity index (χ0) is 26.0. The molecule has 1 N–H and O–H groups in total. The minimum Gasteiger partial charge on any atom is -0.507 e. The van der Waals surface area contributed by atoms with Crippen LogP contribution in [0.4, 0.5) is 18.9 Å². The van der Waals surface area contributed by atoms with Gasteiger partial charge in [-0.1, -0.05) is 49.4 Å². The molecule has 1 saturated heterocycles. The van der Waals surface area contributed by atoms with Crippen molar-refractivity contribution in [1.82, 2.24) is 0 Å². The predicted molar refractivity (Wildman–Crippen MR) is 127 cm³/mol. The Labute approximate surface area is 205 Å². The van der Waals surface area contributed by atoms with Crippen molar-refractivity contribution < 1.29 is 37.3 Å². The number of carbonyl (C=O) groups is 2. The standard InChI is InChI=1S/C27H22F3NO5/c1-3-16-10-12-17(13-11-16)24(32)22-23(18-6-4-8-20(14-18)35-2)31(26(34)25(22)33)19-7-5-9-21(15-19)36-27(28,29)30/h4-15,23,32H,3H2,1-2H3/b24-22+. The van der Waals surface area contributed by atoms with Gasteiger partial charge in [-0.15, -0.1) is 13.2 Å². The van der Waals surface area contributed by atoms with Crippen LogP contribution >= 0.6 is 0 Å². The van der Waals surface area contributed by atoms with Crippen LogP contribution in [0.15, 0.2) is 78.4 Å². The van der Waals surface area contributed by atoms with Gasteiger partial charge in [0, 0.05) is 17.3 Å². The van der Waals surface area contributed by atoms with Gasteiger partial charge in [-0.3, -0.25) is 14.5 Å². The van der Waals surface area contributed by atoms with Gasteiger partial charge in [0.25, 0.3) is 11.7 Å². The first kappa shape index (κ1) is 24.8. The Balaban J connectivity index is 1.90. The van der Waals surface area contributed by atoms with Gasteiger partial charge in [0.2, 0.25) is 0 Å². The molecule has 3 aromatic carbocycles. The number of nitrogens with zero attached hydrogens (tertiary/aromatic N) is 1. The summed E-state index contributed by atoms with van der Waals surface area (Å²) in [6, 6.07) is 17.0. The number of hydrogen-bond donors (Lipinski definition) is 1. The fourth-order valence-electron chi connectivity index (χ4n) is 4.11. The second-order valence-corrected chi connectivity index (χ2v) is 8.04. The summed E-state index contributed by atoms with van der Waals surface area (Å²) in [7, 11) is 1.45. The molecule has 0 aromatic heterocycles. The number of anilines is 1. The predicted octanol–water partition coefficient (Wildman–Crippen LogP) is 5.78.